The number of amides is 1. The van der Waals surface area contributed by atoms with Crippen molar-refractivity contribution in [3.05, 3.63) is 16.6 Å². The zero-order valence-corrected chi connectivity index (χ0v) is 9.17. The molecular formula is C9H15N3OS. The minimum absolute atomic E-state index is 0.117. The lowest BCUT2D eigenvalue weighted by atomic mass is 10.2. The van der Waals surface area contributed by atoms with Gasteiger partial charge in [0, 0.05) is 24.0 Å². The molecule has 0 aliphatic carbocycles. The first kappa shape index (κ1) is 11.1. The van der Waals surface area contributed by atoms with Crippen LogP contribution in [0.1, 0.15) is 24.8 Å². The van der Waals surface area contributed by atoms with E-state index in [9.17, 15) is 4.79 Å². The first-order valence-electron chi connectivity index (χ1n) is 4.54. The van der Waals surface area contributed by atoms with Gasteiger partial charge in [-0.15, -0.1) is 11.3 Å². The van der Waals surface area contributed by atoms with Gasteiger partial charge in [0.2, 0.25) is 5.91 Å². The van der Waals surface area contributed by atoms with E-state index in [1.807, 2.05) is 12.3 Å². The molecule has 3 N–H and O–H groups in total. The van der Waals surface area contributed by atoms with Crippen molar-refractivity contribution in [1.29, 1.82) is 0 Å². The molecule has 0 aromatic carbocycles. The molecule has 2 atom stereocenters. The summed E-state index contributed by atoms with van der Waals surface area (Å²) in [5.41, 5.74) is 5.42. The Morgan fingerprint density at radius 1 is 1.71 bits per heavy atom. The number of nitrogens with two attached hydrogens (primary N) is 1. The lowest BCUT2D eigenvalue weighted by Crippen LogP contribution is -2.39. The second-order valence-corrected chi connectivity index (χ2v) is 4.23. The van der Waals surface area contributed by atoms with Gasteiger partial charge in [0.05, 0.1) is 11.0 Å². The predicted octanol–water partition coefficient (Wildman–Crippen LogP) is 0.710. The predicted molar refractivity (Wildman–Crippen MR) is 57.2 cm³/mol. The molecule has 4 nitrogen and oxygen atoms in total. The lowest BCUT2D eigenvalue weighted by Gasteiger charge is -2.11. The molecule has 0 radical (unpaired) electrons. The Bertz CT molecular complexity index is 284. The first-order chi connectivity index (χ1) is 6.61. The Morgan fingerprint density at radius 3 is 2.93 bits per heavy atom. The number of hydrogen-bond donors (Lipinski definition) is 2. The summed E-state index contributed by atoms with van der Waals surface area (Å²) < 4.78 is 0. The van der Waals surface area contributed by atoms with Crippen molar-refractivity contribution in [3.8, 4) is 0 Å². The van der Waals surface area contributed by atoms with Crippen LogP contribution in [0.2, 0.25) is 0 Å². The molecule has 0 spiro atoms. The van der Waals surface area contributed by atoms with Crippen LogP contribution in [0.5, 0.6) is 0 Å². The van der Waals surface area contributed by atoms with E-state index < -0.39 is 6.04 Å². The minimum atomic E-state index is -0.446. The van der Waals surface area contributed by atoms with Gasteiger partial charge < -0.3 is 11.1 Å². The molecule has 78 valence electrons. The normalized spacial score (nSPS) is 14.8. The summed E-state index contributed by atoms with van der Waals surface area (Å²) in [5, 5.41) is 5.74. The van der Waals surface area contributed by atoms with Crippen LogP contribution >= 0.6 is 11.3 Å². The number of carbonyl (C=O) groups is 1. The highest BCUT2D eigenvalue weighted by molar-refractivity contribution is 7.09. The summed E-state index contributed by atoms with van der Waals surface area (Å²) >= 11 is 1.60. The van der Waals surface area contributed by atoms with Crippen LogP contribution < -0.4 is 11.1 Å². The van der Waals surface area contributed by atoms with Crippen molar-refractivity contribution in [2.24, 2.45) is 5.73 Å². The number of rotatable bonds is 4. The number of nitrogens with one attached hydrogen (secondary N) is 1. The van der Waals surface area contributed by atoms with Crippen LogP contribution in [0.15, 0.2) is 11.6 Å². The Hall–Kier alpha value is -0.940. The third-order valence-corrected chi connectivity index (χ3v) is 2.88. The summed E-state index contributed by atoms with van der Waals surface area (Å²) in [6, 6.07) is -0.446. The molecule has 0 aliphatic rings. The van der Waals surface area contributed by atoms with Crippen LogP contribution in [-0.2, 0) is 4.79 Å². The van der Waals surface area contributed by atoms with Gasteiger partial charge in [-0.05, 0) is 6.92 Å². The molecule has 1 aromatic rings. The maximum atomic E-state index is 11.2. The highest BCUT2D eigenvalue weighted by Crippen LogP contribution is 2.16. The van der Waals surface area contributed by atoms with Crippen LogP contribution in [-0.4, -0.2) is 23.5 Å². The van der Waals surface area contributed by atoms with Gasteiger partial charge in [-0.3, -0.25) is 4.79 Å². The molecule has 1 unspecified atom stereocenters. The van der Waals surface area contributed by atoms with Gasteiger partial charge in [0.15, 0.2) is 0 Å². The van der Waals surface area contributed by atoms with E-state index in [2.05, 4.69) is 10.3 Å². The highest BCUT2D eigenvalue weighted by Gasteiger charge is 2.11. The molecule has 0 aliphatic heterocycles. The summed E-state index contributed by atoms with van der Waals surface area (Å²) in [4.78, 5) is 15.3. The zero-order valence-electron chi connectivity index (χ0n) is 8.36. The molecule has 1 rings (SSSR count). The SMILES string of the molecule is CC(CNC(=O)[C@H](C)N)c1nccs1. The van der Waals surface area contributed by atoms with Gasteiger partial charge in [0.1, 0.15) is 0 Å². The monoisotopic (exact) mass is 213 g/mol. The van der Waals surface area contributed by atoms with Crippen LogP contribution in [0, 0.1) is 0 Å². The van der Waals surface area contributed by atoms with E-state index in [0.29, 0.717) is 6.54 Å². The third kappa shape index (κ3) is 3.08. The second-order valence-electron chi connectivity index (χ2n) is 3.31. The fourth-order valence-electron chi connectivity index (χ4n) is 0.980. The number of hydrogen-bond acceptors (Lipinski definition) is 4. The van der Waals surface area contributed by atoms with E-state index in [1.165, 1.54) is 0 Å². The maximum absolute atomic E-state index is 11.2. The Kier molecular flexibility index (Phi) is 4.03. The fraction of sp³-hybridized carbons (Fsp3) is 0.556. The number of nitrogens with zero attached hydrogens (tertiary/aromatic N) is 1. The molecule has 14 heavy (non-hydrogen) atoms. The van der Waals surface area contributed by atoms with Gasteiger partial charge in [0.25, 0.3) is 0 Å². The maximum Gasteiger partial charge on any atom is 0.236 e. The number of aromatic nitrogens is 1. The summed E-state index contributed by atoms with van der Waals surface area (Å²) in [7, 11) is 0. The van der Waals surface area contributed by atoms with Crippen molar-refractivity contribution in [2.75, 3.05) is 6.54 Å². The standard InChI is InChI=1S/C9H15N3OS/c1-6(9-11-3-4-14-9)5-12-8(13)7(2)10/h3-4,6-7H,5,10H2,1-2H3,(H,12,13)/t6?,7-/m0/s1. The average Bonchev–Trinajstić information content (AvgIpc) is 2.66. The van der Waals surface area contributed by atoms with Crippen molar-refractivity contribution in [2.45, 2.75) is 25.8 Å². The molecule has 1 aromatic heterocycles. The second kappa shape index (κ2) is 5.07. The molecule has 0 saturated heterocycles. The zero-order chi connectivity index (χ0) is 10.6. The Balaban J connectivity index is 2.36. The quantitative estimate of drug-likeness (QED) is 0.774. The smallest absolute Gasteiger partial charge is 0.236 e. The Labute approximate surface area is 87.5 Å². The van der Waals surface area contributed by atoms with E-state index in [0.717, 1.165) is 5.01 Å². The van der Waals surface area contributed by atoms with Crippen LogP contribution in [0.3, 0.4) is 0 Å². The molecule has 0 bridgehead atoms. The third-order valence-electron chi connectivity index (χ3n) is 1.87. The number of carbonyl (C=O) groups excluding carboxylic acids is 1. The molecule has 5 heteroatoms. The van der Waals surface area contributed by atoms with Gasteiger partial charge >= 0.3 is 0 Å². The fourth-order valence-corrected chi connectivity index (χ4v) is 1.68. The van der Waals surface area contributed by atoms with Gasteiger partial charge in [-0.2, -0.15) is 0 Å². The van der Waals surface area contributed by atoms with Gasteiger partial charge in [-0.1, -0.05) is 6.92 Å². The highest BCUT2D eigenvalue weighted by atomic mass is 32.1. The van der Waals surface area contributed by atoms with E-state index in [-0.39, 0.29) is 11.8 Å². The first-order valence-corrected chi connectivity index (χ1v) is 5.42. The van der Waals surface area contributed by atoms with Gasteiger partial charge in [-0.25, -0.2) is 4.98 Å². The van der Waals surface area contributed by atoms with Crippen molar-refractivity contribution in [1.82, 2.24) is 10.3 Å². The average molecular weight is 213 g/mol. The van der Waals surface area contributed by atoms with Crippen LogP contribution in [0.25, 0.3) is 0 Å². The van der Waals surface area contributed by atoms with Crippen molar-refractivity contribution in [3.63, 3.8) is 0 Å². The van der Waals surface area contributed by atoms with E-state index in [1.54, 1.807) is 24.5 Å². The van der Waals surface area contributed by atoms with E-state index >= 15 is 0 Å². The minimum Gasteiger partial charge on any atom is -0.354 e. The lowest BCUT2D eigenvalue weighted by molar-refractivity contribution is -0.122. The number of thiazole rings is 1. The topological polar surface area (TPSA) is 68.0 Å². The largest absolute Gasteiger partial charge is 0.354 e. The molecule has 0 saturated carbocycles. The van der Waals surface area contributed by atoms with E-state index in [4.69, 9.17) is 5.73 Å². The molecule has 1 amide bonds. The Morgan fingerprint density at radius 2 is 2.43 bits per heavy atom. The summed E-state index contributed by atoms with van der Waals surface area (Å²) in [6.45, 7) is 4.29. The molecule has 0 fully saturated rings. The summed E-state index contributed by atoms with van der Waals surface area (Å²) in [6.07, 6.45) is 1.77. The van der Waals surface area contributed by atoms with Crippen LogP contribution in [0.4, 0.5) is 0 Å². The molecule has 1 heterocycles. The molecular weight excluding hydrogens is 198 g/mol. The van der Waals surface area contributed by atoms with Crippen molar-refractivity contribution >= 4 is 17.2 Å². The van der Waals surface area contributed by atoms with Crippen molar-refractivity contribution < 1.29 is 4.79 Å². The summed E-state index contributed by atoms with van der Waals surface area (Å²) in [5.74, 6) is 0.131.